The zero-order valence-corrected chi connectivity index (χ0v) is 20.9. The van der Waals surface area contributed by atoms with Gasteiger partial charge in [0.05, 0.1) is 5.60 Å². The van der Waals surface area contributed by atoms with Crippen LogP contribution < -0.4 is 56.5 Å². The summed E-state index contributed by atoms with van der Waals surface area (Å²) >= 11 is 0. The van der Waals surface area contributed by atoms with Gasteiger partial charge in [0, 0.05) is 17.8 Å². The largest absolute Gasteiger partial charge is 1.00 e. The van der Waals surface area contributed by atoms with Gasteiger partial charge >= 0.3 is 51.4 Å². The van der Waals surface area contributed by atoms with Gasteiger partial charge in [0.15, 0.2) is 5.78 Å². The molecule has 0 aliphatic heterocycles. The smallest absolute Gasteiger partial charge is 0.550 e. The summed E-state index contributed by atoms with van der Waals surface area (Å²) in [6, 6.07) is 0. The first kappa shape index (κ1) is 23.4. The van der Waals surface area contributed by atoms with E-state index in [9.17, 15) is 19.8 Å². The minimum Gasteiger partial charge on any atom is -0.550 e. The van der Waals surface area contributed by atoms with E-state index in [0.717, 1.165) is 30.4 Å². The fourth-order valence-electron chi connectivity index (χ4n) is 6.84. The van der Waals surface area contributed by atoms with E-state index < -0.39 is 17.0 Å². The van der Waals surface area contributed by atoms with E-state index in [0.29, 0.717) is 17.9 Å². The van der Waals surface area contributed by atoms with Gasteiger partial charge in [-0.25, -0.2) is 0 Å². The number of aliphatic carboxylic acids is 1. The van der Waals surface area contributed by atoms with Crippen LogP contribution in [0.25, 0.3) is 0 Å². The molecular weight excluding hydrogens is 391 g/mol. The molecule has 4 rings (SSSR count). The average molecular weight is 421 g/mol. The number of carbonyl (C=O) groups excluding carboxylic acids is 2. The van der Waals surface area contributed by atoms with Crippen LogP contribution in [0.1, 0.15) is 52.4 Å². The Kier molecular flexibility index (Phi) is 6.19. The molecule has 0 amide bonds. The number of hydrogen-bond acceptors (Lipinski definition) is 4. The number of ketones is 1. The van der Waals surface area contributed by atoms with Gasteiger partial charge in [-0.1, -0.05) is 39.2 Å². The van der Waals surface area contributed by atoms with Crippen molar-refractivity contribution in [1.82, 2.24) is 0 Å². The molecule has 0 spiro atoms. The zero-order chi connectivity index (χ0) is 20.5. The van der Waals surface area contributed by atoms with Gasteiger partial charge in [0.1, 0.15) is 0 Å². The van der Waals surface area contributed by atoms with Crippen LogP contribution in [-0.2, 0) is 9.59 Å². The Hall–Kier alpha value is -0.304. The summed E-state index contributed by atoms with van der Waals surface area (Å²) in [5.74, 6) is -0.345. The van der Waals surface area contributed by atoms with E-state index >= 15 is 0 Å². The molecule has 5 heteroatoms. The quantitative estimate of drug-likeness (QED) is 0.647. The molecule has 4 nitrogen and oxygen atoms in total. The second kappa shape index (κ2) is 7.68. The number of fused-ring (bicyclic) bond motifs is 5. The molecule has 0 bridgehead atoms. The molecule has 4 aliphatic carbocycles. The van der Waals surface area contributed by atoms with Gasteiger partial charge in [0.25, 0.3) is 0 Å². The first-order valence-corrected chi connectivity index (χ1v) is 10.3. The maximum atomic E-state index is 11.9. The van der Waals surface area contributed by atoms with E-state index in [1.54, 1.807) is 0 Å². The Morgan fingerprint density at radius 1 is 1.31 bits per heavy atom. The third-order valence-electron chi connectivity index (χ3n) is 8.59. The van der Waals surface area contributed by atoms with E-state index in [2.05, 4.69) is 39.2 Å². The molecule has 0 radical (unpaired) electrons. The van der Waals surface area contributed by atoms with Gasteiger partial charge < -0.3 is 15.0 Å². The summed E-state index contributed by atoms with van der Waals surface area (Å²) < 4.78 is 0. The Balaban J connectivity index is 0.00000240. The fourth-order valence-corrected chi connectivity index (χ4v) is 6.84. The zero-order valence-electron chi connectivity index (χ0n) is 17.8. The van der Waals surface area contributed by atoms with Crippen LogP contribution in [0, 0.1) is 28.6 Å². The van der Waals surface area contributed by atoms with Gasteiger partial charge in [-0.15, -0.1) is 0 Å². The minimum atomic E-state index is -1.27. The van der Waals surface area contributed by atoms with Gasteiger partial charge in [-0.2, -0.15) is 0 Å². The average Bonchev–Trinajstić information content (AvgIpc) is 2.79. The van der Waals surface area contributed by atoms with Crippen molar-refractivity contribution < 1.29 is 71.2 Å². The van der Waals surface area contributed by atoms with Crippen LogP contribution in [0.5, 0.6) is 0 Å². The summed E-state index contributed by atoms with van der Waals surface area (Å²) in [5, 5.41) is 22.7. The number of rotatable bonds is 3. The van der Waals surface area contributed by atoms with Crippen molar-refractivity contribution in [1.29, 1.82) is 0 Å². The van der Waals surface area contributed by atoms with Gasteiger partial charge in [0.2, 0.25) is 0 Å². The molecule has 6 atom stereocenters. The molecule has 0 heterocycles. The molecule has 0 aromatic carbocycles. The summed E-state index contributed by atoms with van der Waals surface area (Å²) in [6.45, 7) is 12.8. The number of allylic oxidation sites excluding steroid dienone is 4. The maximum Gasteiger partial charge on any atom is 1.00 e. The van der Waals surface area contributed by atoms with Crippen LogP contribution in [0.4, 0.5) is 0 Å². The molecule has 0 aromatic heterocycles. The van der Waals surface area contributed by atoms with Crippen molar-refractivity contribution in [3.63, 3.8) is 0 Å². The van der Waals surface area contributed by atoms with Gasteiger partial charge in [-0.05, 0) is 78.1 Å². The predicted molar refractivity (Wildman–Crippen MR) is 105 cm³/mol. The SMILES string of the molecule is C=C1C(=C)[C@](O)(CCC(=O)[O-])[C@@]2(C)CC[C@H]3[C@@H](C=CC4=CC(=O)CC[C@@]43C)[C@H]12.[K+]. The van der Waals surface area contributed by atoms with E-state index in [1.165, 1.54) is 0 Å². The van der Waals surface area contributed by atoms with Crippen molar-refractivity contribution in [2.24, 2.45) is 28.6 Å². The Bertz CT molecular complexity index is 855. The second-order valence-corrected chi connectivity index (χ2v) is 9.70. The van der Waals surface area contributed by atoms with Crippen LogP contribution in [0.15, 0.2) is 48.1 Å². The van der Waals surface area contributed by atoms with Crippen molar-refractivity contribution in [2.45, 2.75) is 58.0 Å². The third kappa shape index (κ3) is 3.19. The Morgan fingerprint density at radius 2 is 2.00 bits per heavy atom. The number of hydrogen-bond donors (Lipinski definition) is 1. The van der Waals surface area contributed by atoms with E-state index in [1.807, 2.05) is 6.08 Å². The first-order chi connectivity index (χ1) is 13.0. The third-order valence-corrected chi connectivity index (χ3v) is 8.59. The van der Waals surface area contributed by atoms with Gasteiger partial charge in [-0.3, -0.25) is 4.79 Å². The minimum absolute atomic E-state index is 0. The van der Waals surface area contributed by atoms with Crippen molar-refractivity contribution in [3.05, 3.63) is 48.1 Å². The summed E-state index contributed by atoms with van der Waals surface area (Å²) in [5.41, 5.74) is 0.758. The molecule has 0 unspecified atom stereocenters. The topological polar surface area (TPSA) is 77.4 Å². The molecule has 1 N–H and O–H groups in total. The Morgan fingerprint density at radius 3 is 2.66 bits per heavy atom. The molecule has 0 saturated heterocycles. The molecule has 0 aromatic rings. The number of aliphatic hydroxyl groups is 1. The second-order valence-electron chi connectivity index (χ2n) is 9.70. The first-order valence-electron chi connectivity index (χ1n) is 10.3. The standard InChI is InChI=1S/C24H30O4.K/c1-14-15(2)24(28,12-9-20(26)27)23(4)11-8-19-18(21(14)23)6-5-16-13-17(25)7-10-22(16,19)3;/h5-6,13,18-19,21,28H,1-2,7-12H2,3-4H3,(H,26,27);/q;+1/p-1/t18-,19+,21+,22+,23+,24-;/m1./s1. The Labute approximate surface area is 215 Å². The molecule has 150 valence electrons. The molecule has 2 fully saturated rings. The molecule has 2 saturated carbocycles. The molecule has 4 aliphatic rings. The number of carboxylic acids is 1. The summed E-state index contributed by atoms with van der Waals surface area (Å²) in [7, 11) is 0. The van der Waals surface area contributed by atoms with E-state index in [-0.39, 0.29) is 87.3 Å². The monoisotopic (exact) mass is 420 g/mol. The van der Waals surface area contributed by atoms with Crippen molar-refractivity contribution in [2.75, 3.05) is 0 Å². The van der Waals surface area contributed by atoms with Crippen molar-refractivity contribution in [3.8, 4) is 0 Å². The predicted octanol–water partition coefficient (Wildman–Crippen LogP) is -0.108. The maximum absolute atomic E-state index is 11.9. The van der Waals surface area contributed by atoms with Crippen LogP contribution in [0.2, 0.25) is 0 Å². The number of carbonyl (C=O) groups is 2. The fraction of sp³-hybridized carbons (Fsp3) is 0.583. The summed E-state index contributed by atoms with van der Waals surface area (Å²) in [4.78, 5) is 23.0. The van der Waals surface area contributed by atoms with Crippen molar-refractivity contribution >= 4 is 11.8 Å². The van der Waals surface area contributed by atoms with Crippen LogP contribution in [-0.4, -0.2) is 22.5 Å². The van der Waals surface area contributed by atoms with Crippen LogP contribution in [0.3, 0.4) is 0 Å². The van der Waals surface area contributed by atoms with E-state index in [4.69, 9.17) is 0 Å². The molecule has 29 heavy (non-hydrogen) atoms. The number of carboxylic acid groups (broad SMARTS) is 1. The molecular formula is C24H29KO4. The normalized spacial score (nSPS) is 43.1. The summed E-state index contributed by atoms with van der Waals surface area (Å²) in [6.07, 6.45) is 9.17. The van der Waals surface area contributed by atoms with Crippen LogP contribution >= 0.6 is 0 Å².